The van der Waals surface area contributed by atoms with E-state index in [0.717, 1.165) is 11.1 Å². The van der Waals surface area contributed by atoms with Gasteiger partial charge in [-0.15, -0.1) is 0 Å². The maximum absolute atomic E-state index is 13.7. The number of benzene rings is 3. The number of nitrogens with zero attached hydrogens (tertiary/aromatic N) is 2. The summed E-state index contributed by atoms with van der Waals surface area (Å²) in [5.74, 6) is 0.0802. The van der Waals surface area contributed by atoms with E-state index in [1.165, 1.54) is 12.1 Å². The van der Waals surface area contributed by atoms with Crippen molar-refractivity contribution in [3.63, 3.8) is 0 Å². The first kappa shape index (κ1) is 22.5. The number of guanidine groups is 1. The molecular formula is C27H28FN3O2. The lowest BCUT2D eigenvalue weighted by Crippen LogP contribution is -2.41. The second-order valence-corrected chi connectivity index (χ2v) is 9.01. The van der Waals surface area contributed by atoms with Gasteiger partial charge >= 0.3 is 6.09 Å². The Morgan fingerprint density at radius 3 is 2.21 bits per heavy atom. The molecule has 3 aromatic rings. The minimum Gasteiger partial charge on any atom is -0.443 e. The topological polar surface area (TPSA) is 53.9 Å². The summed E-state index contributed by atoms with van der Waals surface area (Å²) < 4.78 is 19.4. The standard InChI is InChI=1S/C27H28FN3O2/c1-27(2,3)33-26(32)31-24(21-14-8-5-9-15-21)23(20-12-6-4-7-13-20)30-25(31)29-18-19-11-10-16-22(28)17-19/h4-17,23-24H,18H2,1-3H3,(H,29,30)/t23-,24+/m1/s1. The molecule has 1 heterocycles. The SMILES string of the molecule is CC(C)(C)OC(=O)N1C(=NCc2cccc(F)c2)N[C@H](c2ccccc2)[C@@H]1c1ccccc1. The first-order chi connectivity index (χ1) is 15.8. The number of hydrogen-bond donors (Lipinski definition) is 1. The zero-order valence-corrected chi connectivity index (χ0v) is 19.0. The van der Waals surface area contributed by atoms with Gasteiger partial charge in [0.2, 0.25) is 5.96 Å². The number of amides is 1. The molecule has 5 nitrogen and oxygen atoms in total. The zero-order valence-electron chi connectivity index (χ0n) is 19.0. The molecule has 1 N–H and O–H groups in total. The zero-order chi connectivity index (χ0) is 23.4. The van der Waals surface area contributed by atoms with Crippen LogP contribution in [0.4, 0.5) is 9.18 Å². The van der Waals surface area contributed by atoms with Crippen LogP contribution in [0.3, 0.4) is 0 Å². The number of nitrogens with one attached hydrogen (secondary N) is 1. The van der Waals surface area contributed by atoms with Gasteiger partial charge in [-0.3, -0.25) is 0 Å². The van der Waals surface area contributed by atoms with Crippen LogP contribution in [0.1, 0.15) is 49.5 Å². The Bertz CT molecular complexity index is 1130. The van der Waals surface area contributed by atoms with Crippen LogP contribution in [0.25, 0.3) is 0 Å². The molecule has 1 saturated heterocycles. The van der Waals surface area contributed by atoms with Crippen LogP contribution in [0, 0.1) is 5.82 Å². The van der Waals surface area contributed by atoms with Crippen LogP contribution in [0.5, 0.6) is 0 Å². The fourth-order valence-electron chi connectivity index (χ4n) is 3.92. The number of ether oxygens (including phenoxy) is 1. The molecule has 0 spiro atoms. The minimum atomic E-state index is -0.670. The molecule has 1 fully saturated rings. The largest absolute Gasteiger partial charge is 0.443 e. The van der Waals surface area contributed by atoms with E-state index >= 15 is 0 Å². The summed E-state index contributed by atoms with van der Waals surface area (Å²) in [7, 11) is 0. The smallest absolute Gasteiger partial charge is 0.417 e. The summed E-state index contributed by atoms with van der Waals surface area (Å²) >= 11 is 0. The predicted octanol–water partition coefficient (Wildman–Crippen LogP) is 6.00. The second kappa shape index (κ2) is 9.45. The lowest BCUT2D eigenvalue weighted by Gasteiger charge is -2.29. The van der Waals surface area contributed by atoms with Gasteiger partial charge in [-0.05, 0) is 49.6 Å². The third-order valence-corrected chi connectivity index (χ3v) is 5.30. The van der Waals surface area contributed by atoms with Gasteiger partial charge in [0, 0.05) is 0 Å². The molecule has 4 rings (SSSR count). The number of rotatable bonds is 4. The highest BCUT2D eigenvalue weighted by molar-refractivity contribution is 5.97. The number of halogens is 1. The van der Waals surface area contributed by atoms with E-state index < -0.39 is 11.7 Å². The van der Waals surface area contributed by atoms with Crippen LogP contribution in [-0.2, 0) is 11.3 Å². The Labute approximate surface area is 193 Å². The van der Waals surface area contributed by atoms with E-state index in [2.05, 4.69) is 10.3 Å². The van der Waals surface area contributed by atoms with E-state index in [4.69, 9.17) is 4.74 Å². The van der Waals surface area contributed by atoms with Gasteiger partial charge in [0.1, 0.15) is 11.4 Å². The molecule has 33 heavy (non-hydrogen) atoms. The Hall–Kier alpha value is -3.67. The highest BCUT2D eigenvalue weighted by Crippen LogP contribution is 2.40. The summed E-state index contributed by atoms with van der Waals surface area (Å²) in [6.07, 6.45) is -0.486. The van der Waals surface area contributed by atoms with E-state index in [1.54, 1.807) is 11.0 Å². The Morgan fingerprint density at radius 1 is 0.970 bits per heavy atom. The summed E-state index contributed by atoms with van der Waals surface area (Å²) in [4.78, 5) is 19.7. The van der Waals surface area contributed by atoms with E-state index in [1.807, 2.05) is 87.5 Å². The van der Waals surface area contributed by atoms with Gasteiger partial charge in [-0.25, -0.2) is 19.1 Å². The predicted molar refractivity (Wildman–Crippen MR) is 127 cm³/mol. The molecule has 1 aliphatic rings. The normalized spacial score (nSPS) is 19.4. The molecule has 0 aromatic heterocycles. The van der Waals surface area contributed by atoms with Crippen molar-refractivity contribution in [2.45, 2.75) is 45.0 Å². The summed E-state index contributed by atoms with van der Waals surface area (Å²) in [6.45, 7) is 5.74. The first-order valence-corrected chi connectivity index (χ1v) is 11.0. The molecule has 0 unspecified atom stereocenters. The summed E-state index contributed by atoms with van der Waals surface area (Å²) in [5.41, 5.74) is 2.03. The van der Waals surface area contributed by atoms with Crippen molar-refractivity contribution in [3.8, 4) is 0 Å². The summed E-state index contributed by atoms with van der Waals surface area (Å²) in [6, 6.07) is 25.5. The van der Waals surface area contributed by atoms with Crippen LogP contribution in [-0.4, -0.2) is 22.6 Å². The van der Waals surface area contributed by atoms with Crippen LogP contribution in [0.2, 0.25) is 0 Å². The maximum atomic E-state index is 13.7. The van der Waals surface area contributed by atoms with Crippen molar-refractivity contribution >= 4 is 12.1 Å². The van der Waals surface area contributed by atoms with E-state index in [0.29, 0.717) is 11.5 Å². The lowest BCUT2D eigenvalue weighted by molar-refractivity contribution is 0.0320. The molecule has 0 aliphatic carbocycles. The molecule has 6 heteroatoms. The third-order valence-electron chi connectivity index (χ3n) is 5.30. The third kappa shape index (κ3) is 5.40. The molecule has 2 atom stereocenters. The van der Waals surface area contributed by atoms with Crippen molar-refractivity contribution < 1.29 is 13.9 Å². The molecule has 0 saturated carbocycles. The minimum absolute atomic E-state index is 0.225. The molecule has 170 valence electrons. The molecule has 1 aliphatic heterocycles. The highest BCUT2D eigenvalue weighted by atomic mass is 19.1. The number of carbonyl (C=O) groups excluding carboxylic acids is 1. The summed E-state index contributed by atoms with van der Waals surface area (Å²) in [5, 5.41) is 3.44. The van der Waals surface area contributed by atoms with Crippen LogP contribution < -0.4 is 5.32 Å². The van der Waals surface area contributed by atoms with Crippen molar-refractivity contribution in [3.05, 3.63) is 107 Å². The highest BCUT2D eigenvalue weighted by Gasteiger charge is 2.45. The fourth-order valence-corrected chi connectivity index (χ4v) is 3.92. The van der Waals surface area contributed by atoms with Gasteiger partial charge in [-0.2, -0.15) is 0 Å². The molecule has 0 bridgehead atoms. The van der Waals surface area contributed by atoms with Gasteiger partial charge in [0.25, 0.3) is 0 Å². The first-order valence-electron chi connectivity index (χ1n) is 11.0. The van der Waals surface area contributed by atoms with Crippen LogP contribution in [0.15, 0.2) is 89.9 Å². The number of carbonyl (C=O) groups is 1. The van der Waals surface area contributed by atoms with Gasteiger partial charge < -0.3 is 10.1 Å². The van der Waals surface area contributed by atoms with Crippen LogP contribution >= 0.6 is 0 Å². The molecule has 0 radical (unpaired) electrons. The number of hydrogen-bond acceptors (Lipinski definition) is 3. The lowest BCUT2D eigenvalue weighted by atomic mass is 9.94. The molecule has 1 amide bonds. The van der Waals surface area contributed by atoms with Gasteiger partial charge in [0.15, 0.2) is 0 Å². The average molecular weight is 446 g/mol. The van der Waals surface area contributed by atoms with Gasteiger partial charge in [0.05, 0.1) is 18.6 Å². The molecular weight excluding hydrogens is 417 g/mol. The van der Waals surface area contributed by atoms with Crippen molar-refractivity contribution in [2.75, 3.05) is 0 Å². The average Bonchev–Trinajstić information content (AvgIpc) is 3.18. The van der Waals surface area contributed by atoms with Gasteiger partial charge in [-0.1, -0.05) is 72.8 Å². The quantitative estimate of drug-likeness (QED) is 0.535. The Kier molecular flexibility index (Phi) is 6.45. The fraction of sp³-hybridized carbons (Fsp3) is 0.259. The number of aliphatic imine (C=N–C) groups is 1. The van der Waals surface area contributed by atoms with Crippen molar-refractivity contribution in [1.29, 1.82) is 0 Å². The van der Waals surface area contributed by atoms with E-state index in [9.17, 15) is 9.18 Å². The second-order valence-electron chi connectivity index (χ2n) is 9.01. The molecule has 3 aromatic carbocycles. The van der Waals surface area contributed by atoms with Crippen molar-refractivity contribution in [2.24, 2.45) is 4.99 Å². The Balaban J connectivity index is 1.78. The monoisotopic (exact) mass is 445 g/mol. The maximum Gasteiger partial charge on any atom is 0.417 e. The Morgan fingerprint density at radius 2 is 1.61 bits per heavy atom. The van der Waals surface area contributed by atoms with Crippen molar-refractivity contribution in [1.82, 2.24) is 10.2 Å². The van der Waals surface area contributed by atoms with E-state index in [-0.39, 0.29) is 24.4 Å².